The van der Waals surface area contributed by atoms with Crippen LogP contribution in [0, 0.1) is 5.92 Å². The van der Waals surface area contributed by atoms with E-state index in [2.05, 4.69) is 26.9 Å². The van der Waals surface area contributed by atoms with Crippen LogP contribution in [0.25, 0.3) is 0 Å². The van der Waals surface area contributed by atoms with Gasteiger partial charge in [-0.25, -0.2) is 4.63 Å². The Balaban J connectivity index is 1.94. The molecule has 94 valence electrons. The smallest absolute Gasteiger partial charge is 0.279 e. The summed E-state index contributed by atoms with van der Waals surface area (Å²) in [6.45, 7) is 2.81. The van der Waals surface area contributed by atoms with Crippen LogP contribution in [-0.2, 0) is 0 Å². The number of amides is 1. The lowest BCUT2D eigenvalue weighted by Crippen LogP contribution is -2.33. The summed E-state index contributed by atoms with van der Waals surface area (Å²) in [5.41, 5.74) is 5.58. The fourth-order valence-corrected chi connectivity index (χ4v) is 2.17. The molecule has 0 radical (unpaired) electrons. The van der Waals surface area contributed by atoms with Gasteiger partial charge in [-0.3, -0.25) is 4.79 Å². The van der Waals surface area contributed by atoms with E-state index >= 15 is 0 Å². The van der Waals surface area contributed by atoms with E-state index in [4.69, 9.17) is 5.73 Å². The second-order valence-corrected chi connectivity index (χ2v) is 4.60. The van der Waals surface area contributed by atoms with Crippen molar-refractivity contribution in [2.45, 2.75) is 6.42 Å². The van der Waals surface area contributed by atoms with Gasteiger partial charge >= 0.3 is 0 Å². The highest BCUT2D eigenvalue weighted by Gasteiger charge is 2.25. The number of nitrogens with two attached hydrogens (primary N) is 1. The summed E-state index contributed by atoms with van der Waals surface area (Å²) < 4.78 is 4.42. The standard InChI is InChI=1S/C10H17N5O2/c1-14-4-3-7(5-14)6-15(2)10(16)8-9(11)13-17-12-8/h7H,3-6H2,1-2H3,(H2,11,13). The van der Waals surface area contributed by atoms with Crippen molar-refractivity contribution in [2.24, 2.45) is 5.92 Å². The third-order valence-electron chi connectivity index (χ3n) is 3.08. The summed E-state index contributed by atoms with van der Waals surface area (Å²) in [7, 11) is 3.83. The summed E-state index contributed by atoms with van der Waals surface area (Å²) in [5, 5.41) is 6.91. The molecule has 1 saturated heterocycles. The van der Waals surface area contributed by atoms with Crippen molar-refractivity contribution in [1.29, 1.82) is 0 Å². The van der Waals surface area contributed by atoms with E-state index in [-0.39, 0.29) is 17.4 Å². The van der Waals surface area contributed by atoms with E-state index in [1.807, 2.05) is 0 Å². The number of hydrogen-bond donors (Lipinski definition) is 1. The van der Waals surface area contributed by atoms with E-state index < -0.39 is 0 Å². The molecule has 0 bridgehead atoms. The Kier molecular flexibility index (Phi) is 3.28. The van der Waals surface area contributed by atoms with Gasteiger partial charge < -0.3 is 15.5 Å². The molecule has 1 unspecified atom stereocenters. The molecule has 7 nitrogen and oxygen atoms in total. The molecule has 1 aromatic heterocycles. The number of carbonyl (C=O) groups is 1. The molecule has 2 N–H and O–H groups in total. The molecule has 1 aromatic rings. The zero-order valence-electron chi connectivity index (χ0n) is 10.1. The predicted molar refractivity (Wildman–Crippen MR) is 61.3 cm³/mol. The molecule has 1 aliphatic heterocycles. The minimum Gasteiger partial charge on any atom is -0.379 e. The highest BCUT2D eigenvalue weighted by atomic mass is 16.6. The molecular formula is C10H17N5O2. The summed E-state index contributed by atoms with van der Waals surface area (Å²) in [5.74, 6) is 0.318. The Morgan fingerprint density at radius 2 is 2.41 bits per heavy atom. The van der Waals surface area contributed by atoms with Gasteiger partial charge in [-0.05, 0) is 36.2 Å². The van der Waals surface area contributed by atoms with Gasteiger partial charge in [-0.1, -0.05) is 0 Å². The van der Waals surface area contributed by atoms with Crippen molar-refractivity contribution in [3.63, 3.8) is 0 Å². The highest BCUT2D eigenvalue weighted by molar-refractivity contribution is 5.95. The zero-order valence-corrected chi connectivity index (χ0v) is 10.1. The van der Waals surface area contributed by atoms with E-state index in [0.717, 1.165) is 19.5 Å². The number of aromatic nitrogens is 2. The van der Waals surface area contributed by atoms with Crippen LogP contribution in [-0.4, -0.2) is 59.7 Å². The van der Waals surface area contributed by atoms with Crippen LogP contribution in [0.4, 0.5) is 5.82 Å². The zero-order chi connectivity index (χ0) is 12.4. The van der Waals surface area contributed by atoms with E-state index in [1.54, 1.807) is 11.9 Å². The van der Waals surface area contributed by atoms with Gasteiger partial charge in [0.25, 0.3) is 5.91 Å². The second-order valence-electron chi connectivity index (χ2n) is 4.60. The van der Waals surface area contributed by atoms with Gasteiger partial charge in [0.05, 0.1) is 0 Å². The normalized spacial score (nSPS) is 20.7. The number of nitrogen functional groups attached to an aromatic ring is 1. The van der Waals surface area contributed by atoms with E-state index in [1.165, 1.54) is 0 Å². The Morgan fingerprint density at radius 1 is 1.65 bits per heavy atom. The van der Waals surface area contributed by atoms with Crippen molar-refractivity contribution < 1.29 is 9.42 Å². The second kappa shape index (κ2) is 4.70. The van der Waals surface area contributed by atoms with Gasteiger partial charge in [0.1, 0.15) is 0 Å². The summed E-state index contributed by atoms with van der Waals surface area (Å²) in [4.78, 5) is 15.8. The van der Waals surface area contributed by atoms with Crippen molar-refractivity contribution in [3.8, 4) is 0 Å². The van der Waals surface area contributed by atoms with Gasteiger partial charge in [-0.15, -0.1) is 0 Å². The molecule has 2 heterocycles. The molecule has 0 saturated carbocycles. The molecule has 0 aromatic carbocycles. The highest BCUT2D eigenvalue weighted by Crippen LogP contribution is 2.16. The largest absolute Gasteiger partial charge is 0.379 e. The first-order chi connectivity index (χ1) is 8.08. The quantitative estimate of drug-likeness (QED) is 0.777. The minimum atomic E-state index is -0.238. The predicted octanol–water partition coefficient (Wildman–Crippen LogP) is -0.324. The number of nitrogens with zero attached hydrogens (tertiary/aromatic N) is 4. The van der Waals surface area contributed by atoms with Crippen LogP contribution in [0.15, 0.2) is 4.63 Å². The van der Waals surface area contributed by atoms with E-state index in [0.29, 0.717) is 12.5 Å². The summed E-state index contributed by atoms with van der Waals surface area (Å²) in [6, 6.07) is 0. The lowest BCUT2D eigenvalue weighted by Gasteiger charge is -2.20. The Bertz CT molecular complexity index is 405. The number of anilines is 1. The van der Waals surface area contributed by atoms with Gasteiger partial charge in [-0.2, -0.15) is 0 Å². The maximum absolute atomic E-state index is 12.0. The van der Waals surface area contributed by atoms with Gasteiger partial charge in [0.15, 0.2) is 0 Å². The monoisotopic (exact) mass is 239 g/mol. The molecule has 17 heavy (non-hydrogen) atoms. The fourth-order valence-electron chi connectivity index (χ4n) is 2.17. The van der Waals surface area contributed by atoms with Gasteiger partial charge in [0, 0.05) is 20.1 Å². The number of likely N-dealkylation sites (tertiary alicyclic amines) is 1. The van der Waals surface area contributed by atoms with Crippen LogP contribution in [0.1, 0.15) is 16.9 Å². The fraction of sp³-hybridized carbons (Fsp3) is 0.700. The maximum Gasteiger partial charge on any atom is 0.279 e. The Hall–Kier alpha value is -1.63. The molecule has 0 aliphatic carbocycles. The molecular weight excluding hydrogens is 222 g/mol. The Morgan fingerprint density at radius 3 is 2.94 bits per heavy atom. The van der Waals surface area contributed by atoms with Crippen molar-refractivity contribution >= 4 is 11.7 Å². The van der Waals surface area contributed by atoms with Crippen molar-refractivity contribution in [2.75, 3.05) is 39.5 Å². The molecule has 2 rings (SSSR count). The average molecular weight is 239 g/mol. The third kappa shape index (κ3) is 2.55. The van der Waals surface area contributed by atoms with Crippen LogP contribution < -0.4 is 5.73 Å². The Labute approximate surface area is 99.5 Å². The molecule has 1 aliphatic rings. The lowest BCUT2D eigenvalue weighted by molar-refractivity contribution is 0.0763. The molecule has 1 amide bonds. The summed E-state index contributed by atoms with van der Waals surface area (Å²) >= 11 is 0. The first-order valence-electron chi connectivity index (χ1n) is 5.60. The van der Waals surface area contributed by atoms with Crippen LogP contribution in [0.5, 0.6) is 0 Å². The molecule has 0 spiro atoms. The van der Waals surface area contributed by atoms with Crippen molar-refractivity contribution in [3.05, 3.63) is 5.69 Å². The molecule has 7 heteroatoms. The first kappa shape index (κ1) is 11.8. The number of rotatable bonds is 3. The molecule has 1 atom stereocenters. The minimum absolute atomic E-state index is 0.0467. The number of carbonyl (C=O) groups excluding carboxylic acids is 1. The maximum atomic E-state index is 12.0. The topological polar surface area (TPSA) is 88.5 Å². The number of hydrogen-bond acceptors (Lipinski definition) is 6. The first-order valence-corrected chi connectivity index (χ1v) is 5.60. The average Bonchev–Trinajstić information content (AvgIpc) is 2.86. The van der Waals surface area contributed by atoms with Crippen molar-refractivity contribution in [1.82, 2.24) is 20.1 Å². The van der Waals surface area contributed by atoms with E-state index in [9.17, 15) is 4.79 Å². The SMILES string of the molecule is CN1CCC(CN(C)C(=O)c2nonc2N)C1. The van der Waals surface area contributed by atoms with Crippen LogP contribution in [0.2, 0.25) is 0 Å². The third-order valence-corrected chi connectivity index (χ3v) is 3.08. The van der Waals surface area contributed by atoms with Gasteiger partial charge in [0.2, 0.25) is 11.5 Å². The summed E-state index contributed by atoms with van der Waals surface area (Å²) in [6.07, 6.45) is 1.11. The van der Waals surface area contributed by atoms with Crippen LogP contribution >= 0.6 is 0 Å². The lowest BCUT2D eigenvalue weighted by atomic mass is 10.1. The van der Waals surface area contributed by atoms with Crippen LogP contribution in [0.3, 0.4) is 0 Å². The molecule has 1 fully saturated rings.